The van der Waals surface area contributed by atoms with Crippen molar-refractivity contribution in [3.63, 3.8) is 0 Å². The molecular formula is C12H13F7O4. The molecule has 1 heterocycles. The molecular weight excluding hydrogens is 341 g/mol. The highest BCUT2D eigenvalue weighted by Gasteiger charge is 2.86. The predicted molar refractivity (Wildman–Crippen MR) is 60.8 cm³/mol. The van der Waals surface area contributed by atoms with Crippen molar-refractivity contribution in [3.8, 4) is 0 Å². The van der Waals surface area contributed by atoms with Gasteiger partial charge in [0.25, 0.3) is 0 Å². The van der Waals surface area contributed by atoms with Crippen molar-refractivity contribution < 1.29 is 50.1 Å². The Balaban J connectivity index is 3.68. The number of esters is 1. The summed E-state index contributed by atoms with van der Waals surface area (Å²) in [5, 5.41) is 9.50. The second kappa shape index (κ2) is 5.33. The third kappa shape index (κ3) is 2.59. The Morgan fingerprint density at radius 1 is 1.35 bits per heavy atom. The van der Waals surface area contributed by atoms with E-state index in [4.69, 9.17) is 0 Å². The fraction of sp³-hybridized carbons (Fsp3) is 0.750. The molecule has 1 N–H and O–H groups in total. The quantitative estimate of drug-likeness (QED) is 0.481. The molecule has 1 rings (SSSR count). The number of alkyl halides is 7. The van der Waals surface area contributed by atoms with Crippen LogP contribution >= 0.6 is 0 Å². The molecule has 134 valence electrons. The van der Waals surface area contributed by atoms with Crippen molar-refractivity contribution in [2.75, 3.05) is 0 Å². The second-order valence-corrected chi connectivity index (χ2v) is 5.03. The van der Waals surface area contributed by atoms with Gasteiger partial charge in [-0.25, -0.2) is 4.79 Å². The van der Waals surface area contributed by atoms with Crippen LogP contribution in [0.4, 0.5) is 30.7 Å². The highest BCUT2D eigenvalue weighted by atomic mass is 19.4. The minimum Gasteiger partial charge on any atom is -0.443 e. The lowest BCUT2D eigenvalue weighted by Gasteiger charge is -2.55. The Bertz CT molecular complexity index is 500. The summed E-state index contributed by atoms with van der Waals surface area (Å²) in [6.07, 6.45) is -11.1. The summed E-state index contributed by atoms with van der Waals surface area (Å²) < 4.78 is 103. The summed E-state index contributed by atoms with van der Waals surface area (Å²) in [5.41, 5.74) is -4.28. The van der Waals surface area contributed by atoms with Gasteiger partial charge in [0, 0.05) is 6.08 Å². The number of aliphatic hydroxyl groups is 1. The van der Waals surface area contributed by atoms with Gasteiger partial charge in [-0.3, -0.25) is 0 Å². The molecule has 23 heavy (non-hydrogen) atoms. The maximum atomic E-state index is 14.3. The number of hydrogen-bond donors (Lipinski definition) is 1. The summed E-state index contributed by atoms with van der Waals surface area (Å²) in [6, 6.07) is 0. The molecule has 3 atom stereocenters. The Kier molecular flexibility index (Phi) is 4.56. The molecule has 0 aromatic heterocycles. The molecule has 0 spiro atoms. The van der Waals surface area contributed by atoms with E-state index in [1.165, 1.54) is 0 Å². The number of ether oxygens (including phenoxy) is 2. The van der Waals surface area contributed by atoms with Crippen molar-refractivity contribution in [1.29, 1.82) is 0 Å². The highest BCUT2D eigenvalue weighted by Crippen LogP contribution is 2.59. The largest absolute Gasteiger partial charge is 0.443 e. The van der Waals surface area contributed by atoms with Crippen LogP contribution in [-0.2, 0) is 14.3 Å². The summed E-state index contributed by atoms with van der Waals surface area (Å²) in [5.74, 6) is -16.2. The van der Waals surface area contributed by atoms with E-state index in [1.807, 2.05) is 0 Å². The van der Waals surface area contributed by atoms with Crippen LogP contribution in [0.5, 0.6) is 0 Å². The standard InChI is InChI=1S/C12H13F7O4/c1-4-6(20)22-9(5-2)10(13,14)7(11(15,16)17)23-8(3,21)12(9,18)19/h4,7,21H,1,5H2,2-3H3. The van der Waals surface area contributed by atoms with E-state index in [1.54, 1.807) is 0 Å². The molecule has 0 aromatic carbocycles. The Morgan fingerprint density at radius 3 is 2.17 bits per heavy atom. The lowest BCUT2D eigenvalue weighted by Crippen LogP contribution is -2.80. The van der Waals surface area contributed by atoms with Crippen LogP contribution in [0.25, 0.3) is 0 Å². The van der Waals surface area contributed by atoms with Crippen LogP contribution < -0.4 is 0 Å². The second-order valence-electron chi connectivity index (χ2n) is 5.03. The molecule has 3 unspecified atom stereocenters. The zero-order valence-corrected chi connectivity index (χ0v) is 11.9. The van der Waals surface area contributed by atoms with Gasteiger partial charge in [0.1, 0.15) is 0 Å². The average Bonchev–Trinajstić information content (AvgIpc) is 2.38. The van der Waals surface area contributed by atoms with Crippen LogP contribution in [0.1, 0.15) is 20.3 Å². The van der Waals surface area contributed by atoms with Gasteiger partial charge in [-0.15, -0.1) is 0 Å². The third-order valence-corrected chi connectivity index (χ3v) is 3.54. The Morgan fingerprint density at radius 2 is 1.83 bits per heavy atom. The summed E-state index contributed by atoms with van der Waals surface area (Å²) in [7, 11) is 0. The molecule has 1 aliphatic rings. The van der Waals surface area contributed by atoms with E-state index in [0.717, 1.165) is 0 Å². The van der Waals surface area contributed by atoms with Gasteiger partial charge in [0.05, 0.1) is 0 Å². The van der Waals surface area contributed by atoms with Crippen molar-refractivity contribution in [3.05, 3.63) is 12.7 Å². The van der Waals surface area contributed by atoms with E-state index in [2.05, 4.69) is 16.1 Å². The van der Waals surface area contributed by atoms with Gasteiger partial charge < -0.3 is 14.6 Å². The molecule has 0 amide bonds. The van der Waals surface area contributed by atoms with Crippen LogP contribution in [0.15, 0.2) is 12.7 Å². The van der Waals surface area contributed by atoms with Crippen molar-refractivity contribution in [2.24, 2.45) is 0 Å². The fourth-order valence-electron chi connectivity index (χ4n) is 2.32. The number of rotatable bonds is 3. The van der Waals surface area contributed by atoms with Crippen LogP contribution in [0.2, 0.25) is 0 Å². The van der Waals surface area contributed by atoms with Gasteiger partial charge in [0.15, 0.2) is 0 Å². The monoisotopic (exact) mass is 354 g/mol. The van der Waals surface area contributed by atoms with E-state index >= 15 is 0 Å². The number of carbonyl (C=O) groups is 1. The lowest BCUT2D eigenvalue weighted by molar-refractivity contribution is -0.483. The fourth-order valence-corrected chi connectivity index (χ4v) is 2.32. The zero-order chi connectivity index (χ0) is 18.5. The lowest BCUT2D eigenvalue weighted by atomic mass is 9.76. The molecule has 0 bridgehead atoms. The van der Waals surface area contributed by atoms with Crippen molar-refractivity contribution >= 4 is 5.97 Å². The summed E-state index contributed by atoms with van der Waals surface area (Å²) in [6.45, 7) is 3.55. The van der Waals surface area contributed by atoms with Crippen LogP contribution in [-0.4, -0.2) is 46.6 Å². The van der Waals surface area contributed by atoms with Gasteiger partial charge >= 0.3 is 24.0 Å². The topological polar surface area (TPSA) is 55.8 Å². The van der Waals surface area contributed by atoms with E-state index in [-0.39, 0.29) is 13.0 Å². The summed E-state index contributed by atoms with van der Waals surface area (Å²) in [4.78, 5) is 11.2. The van der Waals surface area contributed by atoms with Gasteiger partial charge in [-0.05, 0) is 13.3 Å². The van der Waals surface area contributed by atoms with Crippen LogP contribution in [0.3, 0.4) is 0 Å². The molecule has 11 heteroatoms. The molecule has 0 aromatic rings. The Labute approximate surface area is 125 Å². The van der Waals surface area contributed by atoms with Crippen molar-refractivity contribution in [1.82, 2.24) is 0 Å². The summed E-state index contributed by atoms with van der Waals surface area (Å²) >= 11 is 0. The smallest absolute Gasteiger partial charge is 0.420 e. The molecule has 0 saturated carbocycles. The first kappa shape index (κ1) is 19.7. The predicted octanol–water partition coefficient (Wildman–Crippen LogP) is 2.80. The number of hydrogen-bond acceptors (Lipinski definition) is 4. The normalized spacial score (nSPS) is 36.3. The van der Waals surface area contributed by atoms with Crippen LogP contribution in [0, 0.1) is 0 Å². The van der Waals surface area contributed by atoms with Crippen molar-refractivity contribution in [2.45, 2.75) is 55.8 Å². The molecule has 1 fully saturated rings. The molecule has 1 aliphatic heterocycles. The molecule has 4 nitrogen and oxygen atoms in total. The molecule has 0 radical (unpaired) electrons. The number of carbonyl (C=O) groups excluding carboxylic acids is 1. The van der Waals surface area contributed by atoms with Gasteiger partial charge in [0.2, 0.25) is 17.5 Å². The molecule has 1 saturated heterocycles. The minimum atomic E-state index is -5.81. The van der Waals surface area contributed by atoms with E-state index in [9.17, 15) is 40.6 Å². The molecule has 0 aliphatic carbocycles. The third-order valence-electron chi connectivity index (χ3n) is 3.54. The first-order valence-electron chi connectivity index (χ1n) is 6.18. The first-order valence-corrected chi connectivity index (χ1v) is 6.18. The average molecular weight is 354 g/mol. The maximum absolute atomic E-state index is 14.3. The number of halogens is 7. The zero-order valence-electron chi connectivity index (χ0n) is 11.9. The highest BCUT2D eigenvalue weighted by molar-refractivity contribution is 5.81. The maximum Gasteiger partial charge on any atom is 0.420 e. The van der Waals surface area contributed by atoms with Gasteiger partial charge in [-0.1, -0.05) is 13.5 Å². The Hall–Kier alpha value is -1.36. The SMILES string of the molecule is C=CC(=O)OC1(CC)C(F)(F)C(C(F)(F)F)OC(C)(O)C1(F)F. The first-order chi connectivity index (χ1) is 10.1. The van der Waals surface area contributed by atoms with Gasteiger partial charge in [-0.2, -0.15) is 30.7 Å². The minimum absolute atomic E-state index is 0.0765. The van der Waals surface area contributed by atoms with E-state index in [0.29, 0.717) is 6.92 Å². The van der Waals surface area contributed by atoms with E-state index < -0.39 is 47.9 Å².